The van der Waals surface area contributed by atoms with Crippen LogP contribution in [0.2, 0.25) is 0 Å². The van der Waals surface area contributed by atoms with E-state index in [1.54, 1.807) is 0 Å². The molecule has 1 aliphatic carbocycles. The zero-order valence-corrected chi connectivity index (χ0v) is 10.1. The Kier molecular flexibility index (Phi) is 4.00. The minimum Gasteiger partial charge on any atom is -0.317 e. The van der Waals surface area contributed by atoms with Crippen LogP contribution in [0.3, 0.4) is 0 Å². The summed E-state index contributed by atoms with van der Waals surface area (Å²) >= 11 is 0. The van der Waals surface area contributed by atoms with Crippen LogP contribution < -0.4 is 10.6 Å². The monoisotopic (exact) mass is 211 g/mol. The van der Waals surface area contributed by atoms with Gasteiger partial charge in [-0.2, -0.15) is 0 Å². The molecule has 2 unspecified atom stereocenters. The van der Waals surface area contributed by atoms with Crippen LogP contribution in [0.1, 0.15) is 25.7 Å². The molecule has 2 aliphatic rings. The van der Waals surface area contributed by atoms with Gasteiger partial charge in [0.15, 0.2) is 0 Å². The highest BCUT2D eigenvalue weighted by Crippen LogP contribution is 2.31. The second kappa shape index (κ2) is 5.28. The van der Waals surface area contributed by atoms with Crippen molar-refractivity contribution in [1.82, 2.24) is 15.5 Å². The lowest BCUT2D eigenvalue weighted by molar-refractivity contribution is 0.143. The number of hydrogen-bond acceptors (Lipinski definition) is 3. The van der Waals surface area contributed by atoms with Crippen molar-refractivity contribution < 1.29 is 0 Å². The molecule has 1 aliphatic heterocycles. The molecule has 1 saturated heterocycles. The molecule has 0 spiro atoms. The SMILES string of the molecule is CNC(CC1CNCCN1C)C1CCC1. The molecule has 0 aromatic heterocycles. The quantitative estimate of drug-likeness (QED) is 0.716. The smallest absolute Gasteiger partial charge is 0.0233 e. The molecule has 2 atom stereocenters. The number of nitrogens with one attached hydrogen (secondary N) is 2. The summed E-state index contributed by atoms with van der Waals surface area (Å²) < 4.78 is 0. The van der Waals surface area contributed by atoms with Gasteiger partial charge >= 0.3 is 0 Å². The summed E-state index contributed by atoms with van der Waals surface area (Å²) in [5.74, 6) is 0.949. The van der Waals surface area contributed by atoms with E-state index in [9.17, 15) is 0 Å². The van der Waals surface area contributed by atoms with Crippen LogP contribution in [0.5, 0.6) is 0 Å². The van der Waals surface area contributed by atoms with Crippen LogP contribution in [-0.2, 0) is 0 Å². The maximum atomic E-state index is 3.52. The topological polar surface area (TPSA) is 27.3 Å². The zero-order chi connectivity index (χ0) is 10.7. The summed E-state index contributed by atoms with van der Waals surface area (Å²) in [5, 5.41) is 7.02. The van der Waals surface area contributed by atoms with E-state index >= 15 is 0 Å². The van der Waals surface area contributed by atoms with Crippen LogP contribution >= 0.6 is 0 Å². The summed E-state index contributed by atoms with van der Waals surface area (Å²) in [6, 6.07) is 1.47. The van der Waals surface area contributed by atoms with Crippen LogP contribution in [0.15, 0.2) is 0 Å². The van der Waals surface area contributed by atoms with Crippen molar-refractivity contribution in [2.45, 2.75) is 37.8 Å². The highest BCUT2D eigenvalue weighted by atomic mass is 15.2. The van der Waals surface area contributed by atoms with Crippen molar-refractivity contribution in [3.05, 3.63) is 0 Å². The van der Waals surface area contributed by atoms with Gasteiger partial charge in [0, 0.05) is 31.7 Å². The molecular weight excluding hydrogens is 186 g/mol. The molecule has 0 amide bonds. The van der Waals surface area contributed by atoms with Gasteiger partial charge in [-0.25, -0.2) is 0 Å². The molecule has 2 fully saturated rings. The molecule has 88 valence electrons. The Labute approximate surface area is 93.6 Å². The first-order valence-electron chi connectivity index (χ1n) is 6.39. The van der Waals surface area contributed by atoms with Crippen molar-refractivity contribution in [2.24, 2.45) is 5.92 Å². The third kappa shape index (κ3) is 2.71. The van der Waals surface area contributed by atoms with Gasteiger partial charge in [0.05, 0.1) is 0 Å². The maximum absolute atomic E-state index is 3.52. The van der Waals surface area contributed by atoms with Crippen LogP contribution in [0.25, 0.3) is 0 Å². The normalized spacial score (nSPS) is 31.2. The Morgan fingerprint density at radius 1 is 1.47 bits per heavy atom. The Bertz CT molecular complexity index is 189. The molecule has 1 saturated carbocycles. The van der Waals surface area contributed by atoms with Crippen LogP contribution in [0.4, 0.5) is 0 Å². The first-order chi connectivity index (χ1) is 7.31. The maximum Gasteiger partial charge on any atom is 0.0233 e. The number of piperazine rings is 1. The summed E-state index contributed by atoms with van der Waals surface area (Å²) in [7, 11) is 4.39. The van der Waals surface area contributed by atoms with E-state index < -0.39 is 0 Å². The van der Waals surface area contributed by atoms with E-state index in [4.69, 9.17) is 0 Å². The van der Waals surface area contributed by atoms with Gasteiger partial charge in [0.1, 0.15) is 0 Å². The van der Waals surface area contributed by atoms with E-state index in [-0.39, 0.29) is 0 Å². The van der Waals surface area contributed by atoms with E-state index in [0.717, 1.165) is 24.5 Å². The molecule has 2 rings (SSSR count). The van der Waals surface area contributed by atoms with Gasteiger partial charge < -0.3 is 15.5 Å². The fourth-order valence-electron chi connectivity index (χ4n) is 2.81. The number of rotatable bonds is 4. The number of likely N-dealkylation sites (N-methyl/N-ethyl adjacent to an activating group) is 1. The van der Waals surface area contributed by atoms with Crippen molar-refractivity contribution in [1.29, 1.82) is 0 Å². The highest BCUT2D eigenvalue weighted by molar-refractivity contribution is 4.88. The predicted molar refractivity (Wildman–Crippen MR) is 64.1 cm³/mol. The first kappa shape index (κ1) is 11.4. The molecular formula is C12H25N3. The zero-order valence-electron chi connectivity index (χ0n) is 10.1. The molecule has 3 nitrogen and oxygen atoms in total. The first-order valence-corrected chi connectivity index (χ1v) is 6.39. The number of nitrogens with zero attached hydrogens (tertiary/aromatic N) is 1. The summed E-state index contributed by atoms with van der Waals surface area (Å²) in [6.07, 6.45) is 5.64. The van der Waals surface area contributed by atoms with Gasteiger partial charge in [-0.3, -0.25) is 0 Å². The van der Waals surface area contributed by atoms with Crippen molar-refractivity contribution in [3.8, 4) is 0 Å². The third-order valence-electron chi connectivity index (χ3n) is 4.26. The van der Waals surface area contributed by atoms with E-state index in [0.29, 0.717) is 0 Å². The van der Waals surface area contributed by atoms with Crippen LogP contribution in [0, 0.1) is 5.92 Å². The average Bonchev–Trinajstić information content (AvgIpc) is 2.17. The standard InChI is InChI=1S/C12H25N3/c1-13-12(10-4-3-5-10)8-11-9-14-6-7-15(11)2/h10-14H,3-9H2,1-2H3. The lowest BCUT2D eigenvalue weighted by atomic mass is 9.77. The molecule has 0 radical (unpaired) electrons. The van der Waals surface area contributed by atoms with E-state index in [1.165, 1.54) is 38.8 Å². The van der Waals surface area contributed by atoms with Gasteiger partial charge in [0.2, 0.25) is 0 Å². The predicted octanol–water partition coefficient (Wildman–Crippen LogP) is 0.668. The van der Waals surface area contributed by atoms with Gasteiger partial charge in [-0.05, 0) is 39.3 Å². The molecule has 0 bridgehead atoms. The second-order valence-electron chi connectivity index (χ2n) is 5.16. The molecule has 2 N–H and O–H groups in total. The lowest BCUT2D eigenvalue weighted by Gasteiger charge is -2.40. The fourth-order valence-corrected chi connectivity index (χ4v) is 2.81. The van der Waals surface area contributed by atoms with E-state index in [1.807, 2.05) is 0 Å². The van der Waals surface area contributed by atoms with Gasteiger partial charge in [-0.15, -0.1) is 0 Å². The minimum absolute atomic E-state index is 0.733. The van der Waals surface area contributed by atoms with Crippen molar-refractivity contribution in [3.63, 3.8) is 0 Å². The van der Waals surface area contributed by atoms with Gasteiger partial charge in [0.25, 0.3) is 0 Å². The Morgan fingerprint density at radius 3 is 2.80 bits per heavy atom. The molecule has 3 heteroatoms. The third-order valence-corrected chi connectivity index (χ3v) is 4.26. The Balaban J connectivity index is 1.81. The number of hydrogen-bond donors (Lipinski definition) is 2. The molecule has 1 heterocycles. The van der Waals surface area contributed by atoms with Gasteiger partial charge in [-0.1, -0.05) is 6.42 Å². The summed E-state index contributed by atoms with van der Waals surface area (Å²) in [5.41, 5.74) is 0. The summed E-state index contributed by atoms with van der Waals surface area (Å²) in [4.78, 5) is 2.51. The van der Waals surface area contributed by atoms with E-state index in [2.05, 4.69) is 29.6 Å². The van der Waals surface area contributed by atoms with Crippen molar-refractivity contribution >= 4 is 0 Å². The second-order valence-corrected chi connectivity index (χ2v) is 5.16. The molecule has 15 heavy (non-hydrogen) atoms. The summed E-state index contributed by atoms with van der Waals surface area (Å²) in [6.45, 7) is 3.52. The Hall–Kier alpha value is -0.120. The fraction of sp³-hybridized carbons (Fsp3) is 1.00. The minimum atomic E-state index is 0.733. The molecule has 0 aromatic rings. The highest BCUT2D eigenvalue weighted by Gasteiger charge is 2.30. The largest absolute Gasteiger partial charge is 0.317 e. The van der Waals surface area contributed by atoms with Crippen molar-refractivity contribution in [2.75, 3.05) is 33.7 Å². The van der Waals surface area contributed by atoms with Crippen LogP contribution in [-0.4, -0.2) is 50.7 Å². The molecule has 0 aromatic carbocycles. The lowest BCUT2D eigenvalue weighted by Crippen LogP contribution is -2.52. The Morgan fingerprint density at radius 2 is 2.27 bits per heavy atom. The average molecular weight is 211 g/mol.